The number of pyridine rings is 1. The lowest BCUT2D eigenvalue weighted by Crippen LogP contribution is -2.28. The fourth-order valence-corrected chi connectivity index (χ4v) is 1.34. The number of nitro groups is 1. The molecule has 1 aromatic heterocycles. The normalized spacial score (nSPS) is 11.7. The highest BCUT2D eigenvalue weighted by Crippen LogP contribution is 2.18. The zero-order chi connectivity index (χ0) is 13.7. The van der Waals surface area contributed by atoms with Crippen LogP contribution >= 0.6 is 0 Å². The van der Waals surface area contributed by atoms with E-state index < -0.39 is 16.9 Å². The number of aryl methyl sites for hydroxylation is 1. The zero-order valence-electron chi connectivity index (χ0n) is 10.5. The maximum atomic E-state index is 11.4. The average molecular weight is 253 g/mol. The third-order valence-corrected chi connectivity index (χ3v) is 2.27. The zero-order valence-corrected chi connectivity index (χ0v) is 10.5. The van der Waals surface area contributed by atoms with Crippen molar-refractivity contribution in [2.75, 3.05) is 11.9 Å². The van der Waals surface area contributed by atoms with Crippen molar-refractivity contribution in [3.8, 4) is 0 Å². The molecule has 7 nitrogen and oxygen atoms in total. The monoisotopic (exact) mass is 253 g/mol. The maximum absolute atomic E-state index is 11.4. The lowest BCUT2D eigenvalue weighted by Gasteiger charge is -2.14. The quantitative estimate of drug-likeness (QED) is 0.487. The summed E-state index contributed by atoms with van der Waals surface area (Å²) in [6, 6.07) is 0.838. The number of nitrogens with zero attached hydrogens (tertiary/aromatic N) is 2. The first-order valence-corrected chi connectivity index (χ1v) is 5.50. The summed E-state index contributed by atoms with van der Waals surface area (Å²) in [4.78, 5) is 25.4. The van der Waals surface area contributed by atoms with Crippen molar-refractivity contribution in [3.63, 3.8) is 0 Å². The number of carbonyl (C=O) groups excluding carboxylic acids is 1. The van der Waals surface area contributed by atoms with Crippen LogP contribution in [0.25, 0.3) is 0 Å². The van der Waals surface area contributed by atoms with Gasteiger partial charge in [0.25, 0.3) is 5.69 Å². The van der Waals surface area contributed by atoms with E-state index in [9.17, 15) is 14.9 Å². The molecule has 0 saturated heterocycles. The van der Waals surface area contributed by atoms with Crippen molar-refractivity contribution in [2.24, 2.45) is 0 Å². The first-order chi connectivity index (χ1) is 8.45. The average Bonchev–Trinajstić information content (AvgIpc) is 2.31. The molecule has 98 valence electrons. The molecule has 0 saturated carbocycles. The van der Waals surface area contributed by atoms with Gasteiger partial charge in [-0.15, -0.1) is 0 Å². The molecule has 1 unspecified atom stereocenters. The number of carbonyl (C=O) groups is 1. The molecular formula is C11H15N3O4. The highest BCUT2D eigenvalue weighted by Gasteiger charge is 2.16. The van der Waals surface area contributed by atoms with Gasteiger partial charge >= 0.3 is 5.97 Å². The first-order valence-electron chi connectivity index (χ1n) is 5.50. The Morgan fingerprint density at radius 3 is 2.83 bits per heavy atom. The van der Waals surface area contributed by atoms with Gasteiger partial charge in [-0.3, -0.25) is 10.1 Å². The summed E-state index contributed by atoms with van der Waals surface area (Å²) in [5.74, 6) is 0.0400. The summed E-state index contributed by atoms with van der Waals surface area (Å²) in [5.41, 5.74) is 0.516. The standard InChI is InChI=1S/C11H15N3O4/c1-4-18-11(15)8(3)13-10-7(2)5-9(6-12-10)14(16)17/h5-6,8H,4H2,1-3H3,(H,12,13). The molecule has 0 spiro atoms. The minimum Gasteiger partial charge on any atom is -0.464 e. The van der Waals surface area contributed by atoms with Crippen LogP contribution in [-0.2, 0) is 9.53 Å². The molecule has 1 rings (SSSR count). The molecule has 0 bridgehead atoms. The molecule has 0 radical (unpaired) electrons. The predicted molar refractivity (Wildman–Crippen MR) is 65.3 cm³/mol. The third kappa shape index (κ3) is 3.41. The fourth-order valence-electron chi connectivity index (χ4n) is 1.34. The van der Waals surface area contributed by atoms with Crippen molar-refractivity contribution in [2.45, 2.75) is 26.8 Å². The molecule has 0 aromatic carbocycles. The van der Waals surface area contributed by atoms with Crippen molar-refractivity contribution in [3.05, 3.63) is 27.9 Å². The number of hydrogen-bond acceptors (Lipinski definition) is 6. The van der Waals surface area contributed by atoms with E-state index in [0.717, 1.165) is 6.20 Å². The second-order valence-corrected chi connectivity index (χ2v) is 3.73. The Bertz CT molecular complexity index is 462. The van der Waals surface area contributed by atoms with Gasteiger partial charge in [-0.05, 0) is 26.3 Å². The van der Waals surface area contributed by atoms with E-state index in [2.05, 4.69) is 10.3 Å². The molecule has 0 aliphatic heterocycles. The van der Waals surface area contributed by atoms with E-state index in [1.165, 1.54) is 6.07 Å². The summed E-state index contributed by atoms with van der Waals surface area (Å²) in [6.45, 7) is 5.35. The molecule has 0 aliphatic rings. The van der Waals surface area contributed by atoms with E-state index in [1.807, 2.05) is 0 Å². The number of hydrogen-bond donors (Lipinski definition) is 1. The topological polar surface area (TPSA) is 94.4 Å². The van der Waals surface area contributed by atoms with Crippen LogP contribution in [0.3, 0.4) is 0 Å². The van der Waals surface area contributed by atoms with Crippen LogP contribution in [-0.4, -0.2) is 28.5 Å². The number of rotatable bonds is 5. The minimum atomic E-state index is -0.558. The van der Waals surface area contributed by atoms with Crippen LogP contribution in [0.4, 0.5) is 11.5 Å². The summed E-state index contributed by atoms with van der Waals surface area (Å²) in [6.07, 6.45) is 1.15. The molecule has 0 fully saturated rings. The molecule has 1 atom stereocenters. The Kier molecular flexibility index (Phi) is 4.59. The predicted octanol–water partition coefficient (Wildman–Crippen LogP) is 1.66. The van der Waals surface area contributed by atoms with E-state index in [0.29, 0.717) is 18.0 Å². The third-order valence-electron chi connectivity index (χ3n) is 2.27. The molecule has 1 aromatic rings. The van der Waals surface area contributed by atoms with Gasteiger partial charge in [0.05, 0.1) is 11.5 Å². The summed E-state index contributed by atoms with van der Waals surface area (Å²) in [5, 5.41) is 13.4. The van der Waals surface area contributed by atoms with Crippen LogP contribution in [0.15, 0.2) is 12.3 Å². The highest BCUT2D eigenvalue weighted by atomic mass is 16.6. The summed E-state index contributed by atoms with van der Waals surface area (Å²) in [7, 11) is 0. The summed E-state index contributed by atoms with van der Waals surface area (Å²) < 4.78 is 4.84. The van der Waals surface area contributed by atoms with Gasteiger partial charge in [0, 0.05) is 6.07 Å². The number of esters is 1. The molecule has 1 heterocycles. The van der Waals surface area contributed by atoms with Gasteiger partial charge in [0.1, 0.15) is 18.1 Å². The number of anilines is 1. The van der Waals surface area contributed by atoms with Gasteiger partial charge < -0.3 is 10.1 Å². The van der Waals surface area contributed by atoms with E-state index in [4.69, 9.17) is 4.74 Å². The number of ether oxygens (including phenoxy) is 1. The van der Waals surface area contributed by atoms with E-state index in [-0.39, 0.29) is 5.69 Å². The SMILES string of the molecule is CCOC(=O)C(C)Nc1ncc([N+](=O)[O-])cc1C. The summed E-state index contributed by atoms with van der Waals surface area (Å²) >= 11 is 0. The minimum absolute atomic E-state index is 0.0816. The van der Waals surface area contributed by atoms with Crippen LogP contribution in [0.5, 0.6) is 0 Å². The fraction of sp³-hybridized carbons (Fsp3) is 0.455. The molecule has 18 heavy (non-hydrogen) atoms. The molecule has 0 amide bonds. The van der Waals surface area contributed by atoms with Gasteiger partial charge in [-0.25, -0.2) is 9.78 Å². The van der Waals surface area contributed by atoms with Crippen LogP contribution in [0.2, 0.25) is 0 Å². The van der Waals surface area contributed by atoms with E-state index in [1.54, 1.807) is 20.8 Å². The van der Waals surface area contributed by atoms with Crippen molar-refractivity contribution < 1.29 is 14.5 Å². The molecular weight excluding hydrogens is 238 g/mol. The van der Waals surface area contributed by atoms with Gasteiger partial charge in [0.2, 0.25) is 0 Å². The number of nitrogens with one attached hydrogen (secondary N) is 1. The Hall–Kier alpha value is -2.18. The molecule has 7 heteroatoms. The first kappa shape index (κ1) is 13.9. The largest absolute Gasteiger partial charge is 0.464 e. The lowest BCUT2D eigenvalue weighted by molar-refractivity contribution is -0.385. The lowest BCUT2D eigenvalue weighted by atomic mass is 10.2. The van der Waals surface area contributed by atoms with Crippen LogP contribution < -0.4 is 5.32 Å². The van der Waals surface area contributed by atoms with Crippen LogP contribution in [0, 0.1) is 17.0 Å². The Morgan fingerprint density at radius 1 is 1.67 bits per heavy atom. The van der Waals surface area contributed by atoms with Crippen LogP contribution in [0.1, 0.15) is 19.4 Å². The molecule has 0 aliphatic carbocycles. The second kappa shape index (κ2) is 5.95. The number of aromatic nitrogens is 1. The van der Waals surface area contributed by atoms with Gasteiger partial charge in [-0.1, -0.05) is 0 Å². The Labute approximate surface area is 104 Å². The molecule has 1 N–H and O–H groups in total. The van der Waals surface area contributed by atoms with Crippen molar-refractivity contribution >= 4 is 17.5 Å². The van der Waals surface area contributed by atoms with E-state index >= 15 is 0 Å². The van der Waals surface area contributed by atoms with Crippen molar-refractivity contribution in [1.29, 1.82) is 0 Å². The highest BCUT2D eigenvalue weighted by molar-refractivity contribution is 5.78. The van der Waals surface area contributed by atoms with Gasteiger partial charge in [0.15, 0.2) is 0 Å². The smallest absolute Gasteiger partial charge is 0.328 e. The second-order valence-electron chi connectivity index (χ2n) is 3.73. The Balaban J connectivity index is 2.79. The van der Waals surface area contributed by atoms with Crippen molar-refractivity contribution in [1.82, 2.24) is 4.98 Å². The maximum Gasteiger partial charge on any atom is 0.328 e. The Morgan fingerprint density at radius 2 is 2.33 bits per heavy atom. The van der Waals surface area contributed by atoms with Gasteiger partial charge in [-0.2, -0.15) is 0 Å².